The van der Waals surface area contributed by atoms with Gasteiger partial charge >= 0.3 is 0 Å². The van der Waals surface area contributed by atoms with Crippen LogP contribution in [0.4, 0.5) is 0 Å². The molecular weight excluding hydrogens is 348 g/mol. The van der Waals surface area contributed by atoms with Crippen LogP contribution in [-0.2, 0) is 11.3 Å². The van der Waals surface area contributed by atoms with Gasteiger partial charge in [0.15, 0.2) is 5.82 Å². The Balaban J connectivity index is 1.52. The molecule has 0 radical (unpaired) electrons. The highest BCUT2D eigenvalue weighted by Crippen LogP contribution is 2.24. The molecule has 0 atom stereocenters. The van der Waals surface area contributed by atoms with Crippen molar-refractivity contribution in [3.8, 4) is 5.75 Å². The number of hydrogen-bond acceptors (Lipinski definition) is 6. The van der Waals surface area contributed by atoms with Gasteiger partial charge in [-0.2, -0.15) is 4.98 Å². The summed E-state index contributed by atoms with van der Waals surface area (Å²) >= 11 is 0. The Morgan fingerprint density at radius 2 is 2.04 bits per heavy atom. The Morgan fingerprint density at radius 3 is 2.70 bits per heavy atom. The molecule has 2 heterocycles. The van der Waals surface area contributed by atoms with Crippen molar-refractivity contribution >= 4 is 11.8 Å². The topological polar surface area (TPSA) is 97.6 Å². The fraction of sp³-hybridized carbons (Fsp3) is 0.474. The van der Waals surface area contributed by atoms with Gasteiger partial charge in [0.1, 0.15) is 5.75 Å². The molecule has 8 heteroatoms. The standard InChI is InChI=1S/C19H24N4O4/c1-3-26-16-7-5-4-6-15(16)19(25)23-10-8-14(9-11-23)18(24)20-12-17-21-13(2)22-27-17/h4-7,14H,3,8-12H2,1-2H3,(H,20,24). The van der Waals surface area contributed by atoms with Crippen LogP contribution in [0.3, 0.4) is 0 Å². The molecule has 1 saturated heterocycles. The fourth-order valence-electron chi connectivity index (χ4n) is 3.16. The Bertz CT molecular complexity index is 797. The predicted molar refractivity (Wildman–Crippen MR) is 97.1 cm³/mol. The molecule has 0 bridgehead atoms. The number of ether oxygens (including phenoxy) is 1. The van der Waals surface area contributed by atoms with Gasteiger partial charge in [-0.1, -0.05) is 17.3 Å². The lowest BCUT2D eigenvalue weighted by Gasteiger charge is -2.31. The molecule has 3 rings (SSSR count). The Morgan fingerprint density at radius 1 is 1.30 bits per heavy atom. The van der Waals surface area contributed by atoms with Gasteiger partial charge in [-0.05, 0) is 38.8 Å². The third kappa shape index (κ3) is 4.64. The van der Waals surface area contributed by atoms with Crippen LogP contribution in [0.5, 0.6) is 5.75 Å². The number of aryl methyl sites for hydroxylation is 1. The Labute approximate surface area is 157 Å². The first-order valence-corrected chi connectivity index (χ1v) is 9.16. The molecule has 144 valence electrons. The van der Waals surface area contributed by atoms with Crippen LogP contribution in [0.15, 0.2) is 28.8 Å². The minimum absolute atomic E-state index is 0.0485. The van der Waals surface area contributed by atoms with E-state index in [1.807, 2.05) is 19.1 Å². The van der Waals surface area contributed by atoms with Crippen molar-refractivity contribution in [3.63, 3.8) is 0 Å². The van der Waals surface area contributed by atoms with Crippen LogP contribution in [0.1, 0.15) is 41.8 Å². The summed E-state index contributed by atoms with van der Waals surface area (Å²) in [5.74, 6) is 1.30. The maximum absolute atomic E-state index is 12.8. The van der Waals surface area contributed by atoms with Crippen LogP contribution in [0, 0.1) is 12.8 Å². The highest BCUT2D eigenvalue weighted by atomic mass is 16.5. The lowest BCUT2D eigenvalue weighted by molar-refractivity contribution is -0.126. The molecule has 1 aromatic carbocycles. The number of likely N-dealkylation sites (tertiary alicyclic amines) is 1. The summed E-state index contributed by atoms with van der Waals surface area (Å²) in [5.41, 5.74) is 0.564. The van der Waals surface area contributed by atoms with Gasteiger partial charge in [-0.25, -0.2) is 0 Å². The van der Waals surface area contributed by atoms with Gasteiger partial charge in [0.25, 0.3) is 5.91 Å². The summed E-state index contributed by atoms with van der Waals surface area (Å²) in [4.78, 5) is 31.0. The predicted octanol–water partition coefficient (Wildman–Crippen LogP) is 1.95. The number of benzene rings is 1. The maximum Gasteiger partial charge on any atom is 0.257 e. The zero-order chi connectivity index (χ0) is 19.2. The summed E-state index contributed by atoms with van der Waals surface area (Å²) in [6.45, 7) is 5.42. The maximum atomic E-state index is 12.8. The second-order valence-electron chi connectivity index (χ2n) is 6.45. The van der Waals surface area contributed by atoms with E-state index in [1.165, 1.54) is 0 Å². The van der Waals surface area contributed by atoms with Crippen LogP contribution < -0.4 is 10.1 Å². The molecular formula is C19H24N4O4. The van der Waals surface area contributed by atoms with Crippen LogP contribution in [-0.4, -0.2) is 46.6 Å². The summed E-state index contributed by atoms with van der Waals surface area (Å²) in [6, 6.07) is 7.26. The lowest BCUT2D eigenvalue weighted by atomic mass is 9.95. The molecule has 0 saturated carbocycles. The lowest BCUT2D eigenvalue weighted by Crippen LogP contribution is -2.43. The van der Waals surface area contributed by atoms with E-state index in [0.717, 1.165) is 0 Å². The number of aromatic nitrogens is 2. The first kappa shape index (κ1) is 18.9. The van der Waals surface area contributed by atoms with E-state index in [2.05, 4.69) is 15.5 Å². The smallest absolute Gasteiger partial charge is 0.257 e. The number of hydrogen-bond donors (Lipinski definition) is 1. The minimum Gasteiger partial charge on any atom is -0.493 e. The molecule has 2 amide bonds. The summed E-state index contributed by atoms with van der Waals surface area (Å²) in [7, 11) is 0. The molecule has 8 nitrogen and oxygen atoms in total. The van der Waals surface area contributed by atoms with Gasteiger partial charge in [-0.15, -0.1) is 0 Å². The molecule has 27 heavy (non-hydrogen) atoms. The average Bonchev–Trinajstić information content (AvgIpc) is 3.11. The van der Waals surface area contributed by atoms with Crippen molar-refractivity contribution in [2.45, 2.75) is 33.2 Å². The number of carbonyl (C=O) groups is 2. The van der Waals surface area contributed by atoms with E-state index in [4.69, 9.17) is 9.26 Å². The molecule has 1 aromatic heterocycles. The number of para-hydroxylation sites is 1. The molecule has 0 aliphatic carbocycles. The monoisotopic (exact) mass is 372 g/mol. The first-order valence-electron chi connectivity index (χ1n) is 9.16. The zero-order valence-electron chi connectivity index (χ0n) is 15.6. The molecule has 2 aromatic rings. The molecule has 1 N–H and O–H groups in total. The highest BCUT2D eigenvalue weighted by Gasteiger charge is 2.29. The van der Waals surface area contributed by atoms with Crippen LogP contribution in [0.25, 0.3) is 0 Å². The van der Waals surface area contributed by atoms with Crippen molar-refractivity contribution < 1.29 is 18.8 Å². The molecule has 1 aliphatic heterocycles. The van der Waals surface area contributed by atoms with E-state index >= 15 is 0 Å². The average molecular weight is 372 g/mol. The summed E-state index contributed by atoms with van der Waals surface area (Å²) in [5, 5.41) is 6.52. The normalized spacial score (nSPS) is 14.8. The van der Waals surface area contributed by atoms with Crippen molar-refractivity contribution in [2.24, 2.45) is 5.92 Å². The van der Waals surface area contributed by atoms with Crippen molar-refractivity contribution in [1.82, 2.24) is 20.4 Å². The molecule has 0 unspecified atom stereocenters. The Kier molecular flexibility index (Phi) is 6.05. The largest absolute Gasteiger partial charge is 0.493 e. The summed E-state index contributed by atoms with van der Waals surface area (Å²) < 4.78 is 10.5. The third-order valence-corrected chi connectivity index (χ3v) is 4.55. The first-order chi connectivity index (χ1) is 13.1. The van der Waals surface area contributed by atoms with Gasteiger partial charge in [0, 0.05) is 19.0 Å². The highest BCUT2D eigenvalue weighted by molar-refractivity contribution is 5.97. The quantitative estimate of drug-likeness (QED) is 0.832. The van der Waals surface area contributed by atoms with Crippen molar-refractivity contribution in [3.05, 3.63) is 41.5 Å². The number of nitrogens with zero attached hydrogens (tertiary/aromatic N) is 3. The molecule has 0 spiro atoms. The van der Waals surface area contributed by atoms with E-state index < -0.39 is 0 Å². The van der Waals surface area contributed by atoms with Crippen LogP contribution >= 0.6 is 0 Å². The number of carbonyl (C=O) groups excluding carboxylic acids is 2. The Hall–Kier alpha value is -2.90. The van der Waals surface area contributed by atoms with Gasteiger partial charge in [-0.3, -0.25) is 9.59 Å². The van der Waals surface area contributed by atoms with E-state index in [0.29, 0.717) is 55.6 Å². The van der Waals surface area contributed by atoms with Gasteiger partial charge in [0.05, 0.1) is 18.7 Å². The number of piperidine rings is 1. The van der Waals surface area contributed by atoms with Crippen molar-refractivity contribution in [1.29, 1.82) is 0 Å². The van der Waals surface area contributed by atoms with Gasteiger partial charge < -0.3 is 19.5 Å². The summed E-state index contributed by atoms with van der Waals surface area (Å²) in [6.07, 6.45) is 1.24. The van der Waals surface area contributed by atoms with E-state index in [9.17, 15) is 9.59 Å². The zero-order valence-corrected chi connectivity index (χ0v) is 15.6. The van der Waals surface area contributed by atoms with Crippen LogP contribution in [0.2, 0.25) is 0 Å². The van der Waals surface area contributed by atoms with Crippen molar-refractivity contribution in [2.75, 3.05) is 19.7 Å². The van der Waals surface area contributed by atoms with E-state index in [-0.39, 0.29) is 24.3 Å². The number of amides is 2. The van der Waals surface area contributed by atoms with Gasteiger partial charge in [0.2, 0.25) is 11.8 Å². The minimum atomic E-state index is -0.125. The second kappa shape index (κ2) is 8.66. The van der Waals surface area contributed by atoms with E-state index in [1.54, 1.807) is 24.0 Å². The molecule has 1 aliphatic rings. The fourth-order valence-corrected chi connectivity index (χ4v) is 3.16. The third-order valence-electron chi connectivity index (χ3n) is 4.55. The SMILES string of the molecule is CCOc1ccccc1C(=O)N1CCC(C(=O)NCc2nc(C)no2)CC1. The second-order valence-corrected chi connectivity index (χ2v) is 6.45. The number of nitrogens with one attached hydrogen (secondary N) is 1. The number of rotatable bonds is 6. The molecule has 1 fully saturated rings.